The zero-order valence-electron chi connectivity index (χ0n) is 45.8. The van der Waals surface area contributed by atoms with Crippen molar-refractivity contribution in [2.45, 2.75) is 99.6 Å². The van der Waals surface area contributed by atoms with Crippen molar-refractivity contribution in [2.75, 3.05) is 26.2 Å². The first-order valence-corrected chi connectivity index (χ1v) is 28.2. The summed E-state index contributed by atoms with van der Waals surface area (Å²) in [5.74, 6) is -4.68. The van der Waals surface area contributed by atoms with Crippen molar-refractivity contribution in [1.29, 1.82) is 0 Å². The molecule has 0 bridgehead atoms. The minimum atomic E-state index is -4.67. The van der Waals surface area contributed by atoms with E-state index < -0.39 is 82.0 Å². The third-order valence-corrected chi connectivity index (χ3v) is 15.8. The number of nitrogens with one attached hydrogen (secondary N) is 2. The first kappa shape index (κ1) is 65.1. The molecule has 4 aliphatic rings. The number of rotatable bonds is 6. The number of carbonyl (C=O) groups excluding carboxylic acids is 2. The summed E-state index contributed by atoms with van der Waals surface area (Å²) >= 11 is 0. The number of benzene rings is 2. The first-order valence-electron chi connectivity index (χ1n) is 26.8. The zero-order valence-corrected chi connectivity index (χ0v) is 46.6. The largest absolute Gasteiger partial charge is 0.440 e. The summed E-state index contributed by atoms with van der Waals surface area (Å²) in [7, 11) is -4.67. The van der Waals surface area contributed by atoms with Gasteiger partial charge >= 0.3 is 34.0 Å². The summed E-state index contributed by atoms with van der Waals surface area (Å²) in [4.78, 5) is 77.8. The average molecular weight is 1220 g/mol. The van der Waals surface area contributed by atoms with Crippen LogP contribution in [0.1, 0.15) is 133 Å². The summed E-state index contributed by atoms with van der Waals surface area (Å²) < 4.78 is 104. The zero-order chi connectivity index (χ0) is 58.7. The van der Waals surface area contributed by atoms with Gasteiger partial charge in [-0.05, 0) is 122 Å². The van der Waals surface area contributed by atoms with Crippen molar-refractivity contribution in [3.8, 4) is 0 Å². The summed E-state index contributed by atoms with van der Waals surface area (Å²) in [5.41, 5.74) is 18.0. The average Bonchev–Trinajstić information content (AvgIpc) is 2.02. The summed E-state index contributed by atoms with van der Waals surface area (Å²) in [6, 6.07) is 21.1. The number of aromatic amines is 2. The number of hydrogen-bond acceptors (Lipinski definition) is 14. The van der Waals surface area contributed by atoms with Crippen molar-refractivity contribution < 1.29 is 70.6 Å². The number of H-pyrrole nitrogens is 2. The van der Waals surface area contributed by atoms with Crippen molar-refractivity contribution in [1.82, 2.24) is 48.8 Å². The van der Waals surface area contributed by atoms with Crippen LogP contribution in [0.4, 0.5) is 27.2 Å². The monoisotopic (exact) mass is 1220 g/mol. The molecule has 14 N–H and O–H groups in total. The minimum Gasteiger partial charge on any atom is -0.440 e. The number of nitrogens with zero attached hydrogens (tertiary/aromatic N) is 8. The number of amides is 2. The fourth-order valence-electron chi connectivity index (χ4n) is 11.9. The summed E-state index contributed by atoms with van der Waals surface area (Å²) in [6.07, 6.45) is 7.98. The van der Waals surface area contributed by atoms with Gasteiger partial charge in [0.25, 0.3) is 0 Å². The van der Waals surface area contributed by atoms with Crippen LogP contribution in [0.15, 0.2) is 119 Å². The molecule has 2 aromatic carbocycles. The molecule has 8 aromatic rings. The molecular formula is C56H64F4N12O13S. The van der Waals surface area contributed by atoms with E-state index in [-0.39, 0.29) is 51.0 Å². The second-order valence-corrected chi connectivity index (χ2v) is 21.5. The van der Waals surface area contributed by atoms with Crippen molar-refractivity contribution in [3.63, 3.8) is 0 Å². The lowest BCUT2D eigenvalue weighted by Crippen LogP contribution is -2.41. The van der Waals surface area contributed by atoms with Gasteiger partial charge in [0.1, 0.15) is 12.2 Å². The maximum absolute atomic E-state index is 14.7. The molecule has 6 atom stereocenters. The van der Waals surface area contributed by atoms with Crippen LogP contribution in [0.5, 0.6) is 0 Å². The quantitative estimate of drug-likeness (QED) is 0.0645. The smallest absolute Gasteiger partial charge is 0.410 e. The molecule has 2 aliphatic carbocycles. The number of ether oxygens (including phenoxy) is 2. The molecule has 0 radical (unpaired) electrons. The molecule has 86 heavy (non-hydrogen) atoms. The molecule has 2 aliphatic heterocycles. The standard InChI is InChI=1S/2C28H28F2N6O3.H2O4S.3H2O/c2*29-20-6-1-4-17(23(20)30)18-8-9-22(25-19(24(18)31)5-2-12-32-25)39-28(38)35-14-10-16(11-15-35)36-21-7-3-13-33-26(21)34-27(36)37;1-5(2,3)4;;;/h2*1-7,12-13,16,18,22,24H,8-11,14-15,31H2,(H,33,34,37);(H2,1,2,3,4);3*1H2/t2*18-,22+,24-;;;;/m00..../s1. The van der Waals surface area contributed by atoms with E-state index in [0.717, 1.165) is 23.2 Å². The SMILES string of the molecule is N[C@@H]1c2cccnc2[C@H](OC(=O)N2CCC(n3c(=O)[nH]c4ncccc43)CC2)CC[C@H]1c1cccc(F)c1F.N[C@@H]1c2cccnc2[C@H](OC(=O)N2CCC(n3c(=O)[nH]c4ncccc43)CC2)CC[C@H]1c1cccc(F)c1F.O.O.O.O=S(=O)(O)O. The van der Waals surface area contributed by atoms with Crippen LogP contribution in [-0.2, 0) is 19.9 Å². The Morgan fingerprint density at radius 3 is 1.22 bits per heavy atom. The van der Waals surface area contributed by atoms with Gasteiger partial charge in [-0.15, -0.1) is 0 Å². The van der Waals surface area contributed by atoms with Gasteiger partial charge in [-0.25, -0.2) is 46.7 Å². The highest BCUT2D eigenvalue weighted by molar-refractivity contribution is 7.79. The Balaban J connectivity index is 0.000000221. The molecule has 0 spiro atoms. The minimum absolute atomic E-state index is 0. The summed E-state index contributed by atoms with van der Waals surface area (Å²) in [6.45, 7) is 1.67. The number of nitrogens with two attached hydrogens (primary N) is 2. The van der Waals surface area contributed by atoms with E-state index in [1.165, 1.54) is 12.1 Å². The normalized spacial score (nSPS) is 20.6. The highest BCUT2D eigenvalue weighted by Crippen LogP contribution is 2.45. The van der Waals surface area contributed by atoms with E-state index in [4.69, 9.17) is 38.5 Å². The number of aromatic nitrogens is 8. The van der Waals surface area contributed by atoms with Gasteiger partial charge in [0, 0.05) is 87.0 Å². The van der Waals surface area contributed by atoms with Crippen LogP contribution < -0.4 is 22.8 Å². The van der Waals surface area contributed by atoms with E-state index in [0.29, 0.717) is 111 Å². The van der Waals surface area contributed by atoms with Crippen molar-refractivity contribution >= 4 is 44.9 Å². The maximum Gasteiger partial charge on any atom is 0.410 e. The van der Waals surface area contributed by atoms with Gasteiger partial charge in [0.05, 0.1) is 22.4 Å². The number of imidazole rings is 2. The number of carbonyl (C=O) groups is 2. The molecule has 460 valence electrons. The van der Waals surface area contributed by atoms with Crippen LogP contribution in [-0.4, -0.2) is 121 Å². The third-order valence-electron chi connectivity index (χ3n) is 15.8. The maximum atomic E-state index is 14.7. The predicted octanol–water partition coefficient (Wildman–Crippen LogP) is 5.85. The van der Waals surface area contributed by atoms with E-state index in [1.807, 2.05) is 12.1 Å². The number of hydrogen-bond donors (Lipinski definition) is 6. The number of likely N-dealkylation sites (tertiary alicyclic amines) is 2. The lowest BCUT2D eigenvalue weighted by molar-refractivity contribution is 0.0466. The Kier molecular flexibility index (Phi) is 21.0. The van der Waals surface area contributed by atoms with Crippen LogP contribution >= 0.6 is 0 Å². The molecule has 2 fully saturated rings. The topological polar surface area (TPSA) is 407 Å². The number of fused-ring (bicyclic) bond motifs is 4. The predicted molar refractivity (Wildman–Crippen MR) is 303 cm³/mol. The first-order chi connectivity index (χ1) is 39.8. The molecule has 25 nitrogen and oxygen atoms in total. The van der Waals surface area contributed by atoms with Gasteiger partial charge in [-0.1, -0.05) is 36.4 Å². The van der Waals surface area contributed by atoms with Crippen LogP contribution in [0.2, 0.25) is 0 Å². The van der Waals surface area contributed by atoms with E-state index in [1.54, 1.807) is 92.3 Å². The van der Waals surface area contributed by atoms with Crippen LogP contribution in [0, 0.1) is 23.3 Å². The lowest BCUT2D eigenvalue weighted by Gasteiger charge is -2.33. The number of piperidine rings is 2. The molecule has 2 saturated heterocycles. The van der Waals surface area contributed by atoms with Crippen molar-refractivity contribution in [2.24, 2.45) is 11.5 Å². The van der Waals surface area contributed by atoms with Gasteiger partial charge < -0.3 is 47.2 Å². The van der Waals surface area contributed by atoms with Gasteiger partial charge in [-0.3, -0.25) is 38.2 Å². The Bertz CT molecular complexity index is 3670. The fraction of sp³-hybridized carbons (Fsp3) is 0.357. The molecular weight excluding hydrogens is 1160 g/mol. The van der Waals surface area contributed by atoms with E-state index in [2.05, 4.69) is 29.9 Å². The van der Waals surface area contributed by atoms with Gasteiger partial charge in [0.2, 0.25) is 0 Å². The fourth-order valence-corrected chi connectivity index (χ4v) is 11.9. The molecule has 6 aromatic heterocycles. The van der Waals surface area contributed by atoms with Gasteiger partial charge in [-0.2, -0.15) is 8.42 Å². The Morgan fingerprint density at radius 2 is 0.849 bits per heavy atom. The number of pyridine rings is 4. The number of halogens is 4. The highest BCUT2D eigenvalue weighted by atomic mass is 32.3. The second kappa shape index (κ2) is 27.7. The van der Waals surface area contributed by atoms with Crippen molar-refractivity contribution in [3.05, 3.63) is 188 Å². The highest BCUT2D eigenvalue weighted by Gasteiger charge is 2.39. The second-order valence-electron chi connectivity index (χ2n) is 20.6. The Morgan fingerprint density at radius 1 is 0.512 bits per heavy atom. The van der Waals surface area contributed by atoms with Gasteiger partial charge in [0.15, 0.2) is 34.6 Å². The van der Waals surface area contributed by atoms with E-state index >= 15 is 0 Å². The van der Waals surface area contributed by atoms with E-state index in [9.17, 15) is 36.7 Å². The third kappa shape index (κ3) is 13.9. The molecule has 30 heteroatoms. The Labute approximate surface area is 487 Å². The molecule has 2 amide bonds. The molecule has 0 unspecified atom stereocenters. The summed E-state index contributed by atoms with van der Waals surface area (Å²) in [5, 5.41) is 0. The molecule has 0 saturated carbocycles. The Hall–Kier alpha value is -8.49. The lowest BCUT2D eigenvalue weighted by atomic mass is 9.86. The van der Waals surface area contributed by atoms with Crippen LogP contribution in [0.25, 0.3) is 22.3 Å². The molecule has 8 heterocycles. The van der Waals surface area contributed by atoms with Crippen LogP contribution in [0.3, 0.4) is 0 Å². The molecule has 12 rings (SSSR count).